The maximum atomic E-state index is 13.4. The molecule has 0 unspecified atom stereocenters. The van der Waals surface area contributed by atoms with E-state index in [1.54, 1.807) is 19.1 Å². The molecule has 0 aliphatic carbocycles. The second kappa shape index (κ2) is 35.5. The molecule has 9 nitrogen and oxygen atoms in total. The average molecular weight is 1500 g/mol. The smallest absolute Gasteiger partial charge is 0.261 e. The molecule has 8 rings (SSSR count). The number of thioether (sulfide) groups is 4. The molecule has 1 heterocycles. The highest BCUT2D eigenvalue weighted by molar-refractivity contribution is 8.18. The summed E-state index contributed by atoms with van der Waals surface area (Å²) < 4.78 is 25.0. The van der Waals surface area contributed by atoms with Gasteiger partial charge in [0.25, 0.3) is 11.8 Å². The minimum absolute atomic E-state index is 0.0216. The largest absolute Gasteiger partial charge is 0.467 e. The highest BCUT2D eigenvalue weighted by Gasteiger charge is 2.40. The Bertz CT molecular complexity index is 3950. The van der Waals surface area contributed by atoms with Crippen molar-refractivity contribution >= 4 is 58.9 Å². The number of carbonyl (C=O) groups excluding carboxylic acids is 2. The van der Waals surface area contributed by atoms with E-state index >= 15 is 0 Å². The molecule has 13 heteroatoms. The first kappa shape index (κ1) is 88.4. The Hall–Kier alpha value is -5.48. The van der Waals surface area contributed by atoms with Gasteiger partial charge in [-0.25, -0.2) is 0 Å². The van der Waals surface area contributed by atoms with Crippen molar-refractivity contribution in [2.75, 3.05) is 33.3 Å². The molecule has 0 atom stereocenters. The highest BCUT2D eigenvalue weighted by atomic mass is 32.2. The topological polar surface area (TPSA) is 121 Å². The van der Waals surface area contributed by atoms with Gasteiger partial charge in [0.1, 0.15) is 11.5 Å². The Morgan fingerprint density at radius 1 is 0.381 bits per heavy atom. The number of aliphatic hydroxyl groups excluding tert-OH is 1. The summed E-state index contributed by atoms with van der Waals surface area (Å²) in [6, 6.07) is 46.4. The van der Waals surface area contributed by atoms with Crippen molar-refractivity contribution in [3.05, 3.63) is 211 Å². The molecule has 2 amide bonds. The number of carbonyl (C=O) groups is 2. The zero-order valence-electron chi connectivity index (χ0n) is 69.6. The first-order valence-electron chi connectivity index (χ1n) is 37.6. The minimum Gasteiger partial charge on any atom is -0.467 e. The molecule has 105 heavy (non-hydrogen) atoms. The first-order chi connectivity index (χ1) is 48.4. The summed E-state index contributed by atoms with van der Waals surface area (Å²) in [5, 5.41) is 7.57. The van der Waals surface area contributed by atoms with Gasteiger partial charge in [0.15, 0.2) is 13.6 Å². The summed E-state index contributed by atoms with van der Waals surface area (Å²) in [7, 11) is 0. The molecule has 0 saturated heterocycles. The van der Waals surface area contributed by atoms with Crippen LogP contribution >= 0.6 is 47.0 Å². The quantitative estimate of drug-likeness (QED) is 0.0245. The summed E-state index contributed by atoms with van der Waals surface area (Å²) in [5.74, 6) is 1.27. The molecule has 0 aromatic heterocycles. The van der Waals surface area contributed by atoms with Gasteiger partial charge in [0, 0.05) is 55.0 Å². The molecule has 1 aliphatic rings. The average Bonchev–Trinajstić information content (AvgIpc) is 1.66. The number of rotatable bonds is 25. The van der Waals surface area contributed by atoms with E-state index in [1.165, 1.54) is 64.1 Å². The van der Waals surface area contributed by atoms with Crippen LogP contribution in [0.3, 0.4) is 0 Å². The number of amides is 2. The molecule has 7 aromatic carbocycles. The van der Waals surface area contributed by atoms with E-state index < -0.39 is 5.41 Å². The van der Waals surface area contributed by atoms with Crippen molar-refractivity contribution < 1.29 is 33.6 Å². The number of nitrogens with two attached hydrogens (primary N) is 1. The van der Waals surface area contributed by atoms with Crippen molar-refractivity contribution in [3.8, 4) is 11.5 Å². The number of benzene rings is 7. The first-order valence-corrected chi connectivity index (χ1v) is 40.8. The van der Waals surface area contributed by atoms with E-state index in [0.717, 1.165) is 45.1 Å². The van der Waals surface area contributed by atoms with Gasteiger partial charge in [-0.1, -0.05) is 225 Å². The molecule has 0 saturated carbocycles. The molecule has 0 radical (unpaired) electrons. The van der Waals surface area contributed by atoms with Crippen LogP contribution in [0.4, 0.5) is 0 Å². The molecular formula is C92H130N2O7S4. The molecule has 0 spiro atoms. The Morgan fingerprint density at radius 3 is 0.914 bits per heavy atom. The number of imide groups is 1. The standard InChI is InChI=1S/C49H63NO4S2.C41H61NO2S2.C2H6O/c1-32-38(45(2,3)4)26-34(27-39(32)46(5,6)7)55-49(13,14)56-35-28-40(47(8,9)10)42(54-31-53-30-33-20-16-15-17-21-33)41(29-35)48(11,12)24-25-50-43(51)36-22-18-19-23-37(36)44(50)52;1-28-32(37(2,3)4)22-30(23-33(28)38(5,6)7)45-41(13,14)46-31-24-34(39(8,9)10)36(35(25-31)40(11,12)20-21-42)44-27-43-26-29-18-16-15-17-19-29;1-2-3/h15-23,26-29H,24-25,30-31H2,1-14H3;15-19,22-25H,20-21,26-27,42H2,1-14H3;3H,2H2,1H3. The third-order valence-corrected chi connectivity index (χ3v) is 23.9. The summed E-state index contributed by atoms with van der Waals surface area (Å²) in [4.78, 5) is 33.2. The fourth-order valence-electron chi connectivity index (χ4n) is 13.7. The SMILES string of the molecule is CCO.Cc1c(C(C)(C)C)cc(SC(C)(C)Sc2cc(C(C)(C)C)c(OCOCc3ccccc3)c(C(C)(C)CCN)c2)cc1C(C)(C)C.Cc1c(C(C)(C)C)cc(SC(C)(C)Sc2cc(C(C)(C)C)c(OCOCc3ccccc3)c(C(C)(C)CCN3C(=O)c4ccccc4C3=O)c2)cc1C(C)(C)C. The van der Waals surface area contributed by atoms with Gasteiger partial charge in [0.2, 0.25) is 0 Å². The minimum atomic E-state index is -0.474. The van der Waals surface area contributed by atoms with Crippen LogP contribution in [0.15, 0.2) is 153 Å². The van der Waals surface area contributed by atoms with Crippen LogP contribution in [0.25, 0.3) is 0 Å². The number of hydrogen-bond acceptors (Lipinski definition) is 12. The van der Waals surface area contributed by atoms with Crippen LogP contribution in [-0.2, 0) is 66.0 Å². The number of aliphatic hydroxyl groups is 1. The van der Waals surface area contributed by atoms with Crippen LogP contribution in [-0.4, -0.2) is 63.3 Å². The summed E-state index contributed by atoms with van der Waals surface area (Å²) in [6.45, 7) is 68.1. The zero-order valence-corrected chi connectivity index (χ0v) is 72.9. The Labute approximate surface area is 652 Å². The van der Waals surface area contributed by atoms with E-state index in [9.17, 15) is 9.59 Å². The molecule has 0 fully saturated rings. The number of hydrogen-bond donors (Lipinski definition) is 2. The number of fused-ring (bicyclic) bond motifs is 1. The summed E-state index contributed by atoms with van der Waals surface area (Å²) in [5.41, 5.74) is 21.4. The summed E-state index contributed by atoms with van der Waals surface area (Å²) in [6.07, 6.45) is 1.42. The van der Waals surface area contributed by atoms with E-state index in [2.05, 4.69) is 255 Å². The highest BCUT2D eigenvalue weighted by Crippen LogP contribution is 2.54. The number of ether oxygens (including phenoxy) is 4. The Kier molecular flexibility index (Phi) is 29.9. The number of nitrogens with zero attached hydrogens (tertiary/aromatic N) is 1. The van der Waals surface area contributed by atoms with E-state index in [4.69, 9.17) is 29.8 Å². The van der Waals surface area contributed by atoms with Gasteiger partial charge < -0.3 is 29.8 Å². The van der Waals surface area contributed by atoms with Crippen molar-refractivity contribution in [1.29, 1.82) is 0 Å². The maximum Gasteiger partial charge on any atom is 0.261 e. The predicted molar refractivity (Wildman–Crippen MR) is 451 cm³/mol. The maximum absolute atomic E-state index is 13.4. The third-order valence-electron chi connectivity index (χ3n) is 19.1. The van der Waals surface area contributed by atoms with E-state index in [0.29, 0.717) is 43.9 Å². The lowest BCUT2D eigenvalue weighted by atomic mass is 9.76. The Morgan fingerprint density at radius 2 is 0.638 bits per heavy atom. The third kappa shape index (κ3) is 24.5. The zero-order chi connectivity index (χ0) is 78.9. The molecule has 1 aliphatic heterocycles. The molecule has 3 N–H and O–H groups in total. The van der Waals surface area contributed by atoms with E-state index in [1.807, 2.05) is 108 Å². The van der Waals surface area contributed by atoms with Crippen LogP contribution in [0.5, 0.6) is 11.5 Å². The van der Waals surface area contributed by atoms with Gasteiger partial charge in [0.05, 0.1) is 32.5 Å². The monoisotopic (exact) mass is 1500 g/mol. The fourth-order valence-corrected chi connectivity index (χ4v) is 18.8. The van der Waals surface area contributed by atoms with Crippen molar-refractivity contribution in [2.45, 2.75) is 298 Å². The Balaban J connectivity index is 0.000000323. The van der Waals surface area contributed by atoms with Gasteiger partial charge in [-0.05, 0) is 216 Å². The van der Waals surface area contributed by atoms with Crippen LogP contribution in [0, 0.1) is 13.8 Å². The van der Waals surface area contributed by atoms with Gasteiger partial charge >= 0.3 is 0 Å². The van der Waals surface area contributed by atoms with Crippen LogP contribution in [0.2, 0.25) is 0 Å². The van der Waals surface area contributed by atoms with Crippen LogP contribution in [0.1, 0.15) is 287 Å². The lowest BCUT2D eigenvalue weighted by Crippen LogP contribution is -2.34. The van der Waals surface area contributed by atoms with Gasteiger partial charge in [-0.15, -0.1) is 47.0 Å². The molecule has 0 bridgehead atoms. The molecular weight excluding hydrogens is 1370 g/mol. The van der Waals surface area contributed by atoms with Crippen molar-refractivity contribution in [2.24, 2.45) is 5.73 Å². The molecule has 7 aromatic rings. The second-order valence-corrected chi connectivity index (χ2v) is 43.9. The lowest BCUT2D eigenvalue weighted by Gasteiger charge is -2.34. The molecule has 574 valence electrons. The fraction of sp³-hybridized carbons (Fsp3) is 0.522. The van der Waals surface area contributed by atoms with E-state index in [-0.39, 0.29) is 78.1 Å². The normalized spacial score (nSPS) is 13.5. The van der Waals surface area contributed by atoms with Crippen molar-refractivity contribution in [3.63, 3.8) is 0 Å². The second-order valence-electron chi connectivity index (χ2n) is 36.6. The van der Waals surface area contributed by atoms with Crippen LogP contribution < -0.4 is 15.2 Å². The van der Waals surface area contributed by atoms with Gasteiger partial charge in [-0.3, -0.25) is 14.5 Å². The predicted octanol–water partition coefficient (Wildman–Crippen LogP) is 24.7. The summed E-state index contributed by atoms with van der Waals surface area (Å²) >= 11 is 7.65. The van der Waals surface area contributed by atoms with Gasteiger partial charge in [-0.2, -0.15) is 0 Å². The van der Waals surface area contributed by atoms with Crippen molar-refractivity contribution in [1.82, 2.24) is 4.90 Å². The lowest BCUT2D eigenvalue weighted by molar-refractivity contribution is 0.00284.